The minimum atomic E-state index is 0.827. The van der Waals surface area contributed by atoms with E-state index >= 15 is 0 Å². The van der Waals surface area contributed by atoms with Gasteiger partial charge in [-0.25, -0.2) is 0 Å². The zero-order valence-corrected chi connectivity index (χ0v) is 8.78. The first-order valence-electron chi connectivity index (χ1n) is 4.47. The van der Waals surface area contributed by atoms with Crippen molar-refractivity contribution < 1.29 is 4.74 Å². The van der Waals surface area contributed by atoms with E-state index < -0.39 is 0 Å². The third kappa shape index (κ3) is 25.3. The lowest BCUT2D eigenvalue weighted by atomic mass is 10.3. The fourth-order valence-corrected chi connectivity index (χ4v) is 0.738. The van der Waals surface area contributed by atoms with Gasteiger partial charge < -0.3 is 4.74 Å². The number of unbranched alkanes of at least 4 members (excludes halogenated alkanes) is 2. The largest absolute Gasteiger partial charge is 0.382 e. The van der Waals surface area contributed by atoms with Crippen molar-refractivity contribution in [2.45, 2.75) is 40.0 Å². The predicted molar refractivity (Wildman–Crippen MR) is 52.4 cm³/mol. The van der Waals surface area contributed by atoms with Crippen LogP contribution in [0.15, 0.2) is 0 Å². The predicted octanol–water partition coefficient (Wildman–Crippen LogP) is 3.46. The van der Waals surface area contributed by atoms with Gasteiger partial charge in [0.05, 0.1) is 0 Å². The van der Waals surface area contributed by atoms with Gasteiger partial charge in [-0.15, -0.1) is 11.6 Å². The molecule has 0 amide bonds. The second-order valence-electron chi connectivity index (χ2n) is 2.18. The molecule has 0 aromatic heterocycles. The van der Waals surface area contributed by atoms with E-state index in [0.29, 0.717) is 0 Å². The Hall–Kier alpha value is 0.250. The minimum absolute atomic E-state index is 0.827. The molecule has 0 bridgehead atoms. The summed E-state index contributed by atoms with van der Waals surface area (Å²) >= 11 is 5.38. The standard InChI is InChI=1S/C5H11Cl.C4H10O/c1-2-3-4-5-6;1-3-5-4-2/h2-5H2,1H3;3-4H2,1-2H3. The van der Waals surface area contributed by atoms with Gasteiger partial charge in [0.25, 0.3) is 0 Å². The highest BCUT2D eigenvalue weighted by Gasteiger charge is 1.76. The molecule has 0 spiro atoms. The molecular weight excluding hydrogens is 160 g/mol. The molecule has 0 N–H and O–H groups in total. The molecule has 2 heteroatoms. The van der Waals surface area contributed by atoms with Crippen LogP contribution in [0.25, 0.3) is 0 Å². The summed E-state index contributed by atoms with van der Waals surface area (Å²) in [5.74, 6) is 0.827. The van der Waals surface area contributed by atoms with Crippen molar-refractivity contribution in [2.24, 2.45) is 0 Å². The van der Waals surface area contributed by atoms with Gasteiger partial charge in [0.1, 0.15) is 0 Å². The van der Waals surface area contributed by atoms with Crippen molar-refractivity contribution >= 4 is 11.6 Å². The maximum Gasteiger partial charge on any atom is 0.0437 e. The van der Waals surface area contributed by atoms with Crippen LogP contribution in [0, 0.1) is 0 Å². The zero-order valence-electron chi connectivity index (χ0n) is 8.03. The van der Waals surface area contributed by atoms with Crippen LogP contribution in [0.1, 0.15) is 40.0 Å². The van der Waals surface area contributed by atoms with Crippen LogP contribution in [0.2, 0.25) is 0 Å². The summed E-state index contributed by atoms with van der Waals surface area (Å²) in [5.41, 5.74) is 0. The first-order chi connectivity index (χ1) is 5.33. The smallest absolute Gasteiger partial charge is 0.0437 e. The molecule has 0 radical (unpaired) electrons. The van der Waals surface area contributed by atoms with Crippen molar-refractivity contribution in [1.29, 1.82) is 0 Å². The minimum Gasteiger partial charge on any atom is -0.382 e. The molecule has 0 saturated heterocycles. The first-order valence-corrected chi connectivity index (χ1v) is 5.00. The fourth-order valence-electron chi connectivity index (χ4n) is 0.549. The summed E-state index contributed by atoms with van der Waals surface area (Å²) in [6.07, 6.45) is 3.73. The summed E-state index contributed by atoms with van der Waals surface area (Å²) in [6.45, 7) is 7.84. The molecule has 1 nitrogen and oxygen atoms in total. The van der Waals surface area contributed by atoms with Crippen LogP contribution in [0.3, 0.4) is 0 Å². The molecule has 0 aromatic rings. The highest BCUT2D eigenvalue weighted by molar-refractivity contribution is 6.17. The van der Waals surface area contributed by atoms with Crippen LogP contribution in [-0.4, -0.2) is 19.1 Å². The Morgan fingerprint density at radius 1 is 1.00 bits per heavy atom. The SMILES string of the molecule is CCCCCCl.CCOCC. The Balaban J connectivity index is 0. The molecule has 0 heterocycles. The summed E-state index contributed by atoms with van der Waals surface area (Å²) in [5, 5.41) is 0. The summed E-state index contributed by atoms with van der Waals surface area (Å²) in [4.78, 5) is 0. The van der Waals surface area contributed by atoms with E-state index in [1.165, 1.54) is 19.3 Å². The van der Waals surface area contributed by atoms with E-state index in [4.69, 9.17) is 16.3 Å². The highest BCUT2D eigenvalue weighted by atomic mass is 35.5. The second kappa shape index (κ2) is 16.7. The van der Waals surface area contributed by atoms with Crippen LogP contribution in [0.4, 0.5) is 0 Å². The molecule has 0 aliphatic carbocycles. The van der Waals surface area contributed by atoms with E-state index in [2.05, 4.69) is 6.92 Å². The highest BCUT2D eigenvalue weighted by Crippen LogP contribution is 1.93. The molecule has 0 fully saturated rings. The molecule has 0 aliphatic heterocycles. The molecule has 0 rings (SSSR count). The van der Waals surface area contributed by atoms with Gasteiger partial charge in [-0.05, 0) is 20.3 Å². The second-order valence-corrected chi connectivity index (χ2v) is 2.56. The molecular formula is C9H21ClO. The molecule has 11 heavy (non-hydrogen) atoms. The monoisotopic (exact) mass is 180 g/mol. The Morgan fingerprint density at radius 2 is 1.55 bits per heavy atom. The fraction of sp³-hybridized carbons (Fsp3) is 1.00. The summed E-state index contributed by atoms with van der Waals surface area (Å²) in [6, 6.07) is 0. The Labute approximate surface area is 76.1 Å². The maximum absolute atomic E-state index is 5.38. The van der Waals surface area contributed by atoms with Crippen LogP contribution in [-0.2, 0) is 4.74 Å². The molecule has 0 unspecified atom stereocenters. The lowest BCUT2D eigenvalue weighted by Gasteiger charge is -1.86. The van der Waals surface area contributed by atoms with Crippen molar-refractivity contribution in [2.75, 3.05) is 19.1 Å². The van der Waals surface area contributed by atoms with Gasteiger partial charge in [-0.1, -0.05) is 19.8 Å². The number of hydrogen-bond acceptors (Lipinski definition) is 1. The maximum atomic E-state index is 5.38. The topological polar surface area (TPSA) is 9.23 Å². The number of hydrogen-bond donors (Lipinski definition) is 0. The molecule has 0 aliphatic rings. The summed E-state index contributed by atoms with van der Waals surface area (Å²) in [7, 11) is 0. The summed E-state index contributed by atoms with van der Waals surface area (Å²) < 4.78 is 4.83. The van der Waals surface area contributed by atoms with E-state index in [1.807, 2.05) is 13.8 Å². The number of alkyl halides is 1. The van der Waals surface area contributed by atoms with E-state index in [1.54, 1.807) is 0 Å². The van der Waals surface area contributed by atoms with E-state index in [-0.39, 0.29) is 0 Å². The normalized spacial score (nSPS) is 8.73. The molecule has 0 saturated carbocycles. The Morgan fingerprint density at radius 3 is 1.64 bits per heavy atom. The zero-order chi connectivity index (χ0) is 8.95. The van der Waals surface area contributed by atoms with Gasteiger partial charge in [0.2, 0.25) is 0 Å². The number of halogens is 1. The van der Waals surface area contributed by atoms with Gasteiger partial charge in [-0.2, -0.15) is 0 Å². The van der Waals surface area contributed by atoms with E-state index in [9.17, 15) is 0 Å². The first kappa shape index (κ1) is 13.8. The average Bonchev–Trinajstić information content (AvgIpc) is 2.04. The van der Waals surface area contributed by atoms with Crippen molar-refractivity contribution in [3.05, 3.63) is 0 Å². The van der Waals surface area contributed by atoms with Crippen molar-refractivity contribution in [3.8, 4) is 0 Å². The third-order valence-corrected chi connectivity index (χ3v) is 1.41. The van der Waals surface area contributed by atoms with Crippen molar-refractivity contribution in [1.82, 2.24) is 0 Å². The van der Waals surface area contributed by atoms with Gasteiger partial charge in [0, 0.05) is 19.1 Å². The van der Waals surface area contributed by atoms with Gasteiger partial charge in [0.15, 0.2) is 0 Å². The molecule has 0 atom stereocenters. The Bertz CT molecular complexity index is 42.8. The average molecular weight is 181 g/mol. The number of ether oxygens (including phenoxy) is 1. The van der Waals surface area contributed by atoms with E-state index in [0.717, 1.165) is 19.1 Å². The van der Waals surface area contributed by atoms with Crippen LogP contribution >= 0.6 is 11.6 Å². The van der Waals surface area contributed by atoms with Crippen LogP contribution < -0.4 is 0 Å². The quantitative estimate of drug-likeness (QED) is 0.465. The third-order valence-electron chi connectivity index (χ3n) is 1.15. The number of rotatable bonds is 5. The Kier molecular flexibility index (Phi) is 21.0. The van der Waals surface area contributed by atoms with Crippen molar-refractivity contribution in [3.63, 3.8) is 0 Å². The molecule has 0 aromatic carbocycles. The lowest BCUT2D eigenvalue weighted by Crippen LogP contribution is -1.84. The van der Waals surface area contributed by atoms with Gasteiger partial charge >= 0.3 is 0 Å². The van der Waals surface area contributed by atoms with Crippen LogP contribution in [0.5, 0.6) is 0 Å². The van der Waals surface area contributed by atoms with Gasteiger partial charge in [-0.3, -0.25) is 0 Å². The molecule has 70 valence electrons. The lowest BCUT2D eigenvalue weighted by molar-refractivity contribution is 0.162.